The van der Waals surface area contributed by atoms with E-state index in [-0.39, 0.29) is 0 Å². The van der Waals surface area contributed by atoms with Crippen molar-refractivity contribution < 1.29 is 4.79 Å². The van der Waals surface area contributed by atoms with Crippen molar-refractivity contribution in [1.82, 2.24) is 0 Å². The number of benzene rings is 1. The van der Waals surface area contributed by atoms with Crippen molar-refractivity contribution in [1.29, 1.82) is 0 Å². The maximum Gasteiger partial charge on any atom is 0.160 e. The number of fused-ring (bicyclic) bond motifs is 1. The fourth-order valence-electron chi connectivity index (χ4n) is 1.33. The minimum atomic E-state index is 0.714. The zero-order valence-corrected chi connectivity index (χ0v) is 8.58. The Hall–Kier alpha value is -0.860. The Morgan fingerprint density at radius 2 is 2.23 bits per heavy atom. The lowest BCUT2D eigenvalue weighted by Crippen LogP contribution is -1.75. The molecule has 0 spiro atoms. The van der Waals surface area contributed by atoms with E-state index < -0.39 is 0 Å². The average molecular weight is 211 g/mol. The molecule has 1 nitrogen and oxygen atoms in total. The Bertz CT molecular complexity index is 473. The number of aldehydes is 1. The number of carbonyl (C=O) groups is 1. The monoisotopic (exact) mass is 210 g/mol. The normalized spacial score (nSPS) is 10.6. The van der Waals surface area contributed by atoms with Gasteiger partial charge < -0.3 is 0 Å². The summed E-state index contributed by atoms with van der Waals surface area (Å²) in [7, 11) is 0. The molecule has 2 aromatic rings. The second kappa shape index (κ2) is 3.13. The standard InChI is InChI=1S/C10H7ClOS/c1-6-8-3-2-7(11)4-9(8)13-10(6)5-12/h2-5H,1H3. The van der Waals surface area contributed by atoms with Gasteiger partial charge in [-0.15, -0.1) is 11.3 Å². The first-order chi connectivity index (χ1) is 6.22. The molecule has 0 aliphatic carbocycles. The third-order valence-corrected chi connectivity index (χ3v) is 3.46. The van der Waals surface area contributed by atoms with Crippen molar-refractivity contribution in [3.05, 3.63) is 33.7 Å². The fraction of sp³-hybridized carbons (Fsp3) is 0.100. The molecule has 13 heavy (non-hydrogen) atoms. The van der Waals surface area contributed by atoms with E-state index in [0.717, 1.165) is 26.8 Å². The van der Waals surface area contributed by atoms with Crippen LogP contribution in [-0.2, 0) is 0 Å². The van der Waals surface area contributed by atoms with Gasteiger partial charge in [0.1, 0.15) is 0 Å². The number of hydrogen-bond donors (Lipinski definition) is 0. The minimum absolute atomic E-state index is 0.714. The van der Waals surface area contributed by atoms with Crippen molar-refractivity contribution in [3.63, 3.8) is 0 Å². The lowest BCUT2D eigenvalue weighted by molar-refractivity contribution is 0.112. The van der Waals surface area contributed by atoms with Gasteiger partial charge in [0, 0.05) is 9.72 Å². The third kappa shape index (κ3) is 1.36. The predicted octanol–water partition coefficient (Wildman–Crippen LogP) is 3.68. The Labute approximate surface area is 84.9 Å². The second-order valence-electron chi connectivity index (χ2n) is 2.85. The summed E-state index contributed by atoms with van der Waals surface area (Å²) in [5.41, 5.74) is 1.05. The second-order valence-corrected chi connectivity index (χ2v) is 4.37. The Kier molecular flexibility index (Phi) is 2.10. The molecule has 0 aliphatic rings. The molecule has 1 aromatic heterocycles. The highest BCUT2D eigenvalue weighted by Crippen LogP contribution is 2.31. The molecule has 0 saturated carbocycles. The van der Waals surface area contributed by atoms with Crippen molar-refractivity contribution >= 4 is 39.3 Å². The van der Waals surface area contributed by atoms with Gasteiger partial charge in [0.2, 0.25) is 0 Å². The highest BCUT2D eigenvalue weighted by molar-refractivity contribution is 7.20. The topological polar surface area (TPSA) is 17.1 Å². The number of hydrogen-bond acceptors (Lipinski definition) is 2. The average Bonchev–Trinajstić information content (AvgIpc) is 2.42. The van der Waals surface area contributed by atoms with Gasteiger partial charge in [0.15, 0.2) is 6.29 Å². The zero-order valence-electron chi connectivity index (χ0n) is 7.00. The van der Waals surface area contributed by atoms with E-state index in [1.807, 2.05) is 25.1 Å². The molecular weight excluding hydrogens is 204 g/mol. The van der Waals surface area contributed by atoms with Crippen LogP contribution in [0.2, 0.25) is 5.02 Å². The summed E-state index contributed by atoms with van der Waals surface area (Å²) in [6.45, 7) is 1.95. The molecule has 66 valence electrons. The van der Waals surface area contributed by atoms with Crippen LogP contribution in [0.1, 0.15) is 15.2 Å². The molecule has 0 saturated heterocycles. The maximum absolute atomic E-state index is 10.7. The number of carbonyl (C=O) groups excluding carboxylic acids is 1. The van der Waals surface area contributed by atoms with Gasteiger partial charge in [-0.1, -0.05) is 17.7 Å². The molecule has 2 rings (SSSR count). The van der Waals surface area contributed by atoms with Gasteiger partial charge in [0.25, 0.3) is 0 Å². The molecule has 0 unspecified atom stereocenters. The summed E-state index contributed by atoms with van der Waals surface area (Å²) < 4.78 is 1.08. The SMILES string of the molecule is Cc1c(C=O)sc2cc(Cl)ccc12. The van der Waals surface area contributed by atoms with E-state index in [1.54, 1.807) is 0 Å². The first-order valence-corrected chi connectivity index (χ1v) is 5.05. The van der Waals surface area contributed by atoms with Crippen LogP contribution in [0.15, 0.2) is 18.2 Å². The van der Waals surface area contributed by atoms with E-state index in [1.165, 1.54) is 11.3 Å². The first kappa shape index (κ1) is 8.73. The highest BCUT2D eigenvalue weighted by Gasteiger charge is 2.06. The van der Waals surface area contributed by atoms with Crippen LogP contribution in [0.25, 0.3) is 10.1 Å². The van der Waals surface area contributed by atoms with Crippen LogP contribution < -0.4 is 0 Å². The summed E-state index contributed by atoms with van der Waals surface area (Å²) in [6.07, 6.45) is 0.897. The molecule has 1 heterocycles. The van der Waals surface area contributed by atoms with E-state index >= 15 is 0 Å². The molecule has 3 heteroatoms. The number of thiophene rings is 1. The summed E-state index contributed by atoms with van der Waals surface area (Å²) in [4.78, 5) is 11.4. The summed E-state index contributed by atoms with van der Waals surface area (Å²) in [6, 6.07) is 5.69. The van der Waals surface area contributed by atoms with Crippen LogP contribution in [0.4, 0.5) is 0 Å². The van der Waals surface area contributed by atoms with Crippen LogP contribution in [0.5, 0.6) is 0 Å². The highest BCUT2D eigenvalue weighted by atomic mass is 35.5. The van der Waals surface area contributed by atoms with Gasteiger partial charge in [-0.2, -0.15) is 0 Å². The van der Waals surface area contributed by atoms with Crippen LogP contribution in [0, 0.1) is 6.92 Å². The summed E-state index contributed by atoms with van der Waals surface area (Å²) in [5.74, 6) is 0. The van der Waals surface area contributed by atoms with Crippen molar-refractivity contribution in [2.45, 2.75) is 6.92 Å². The molecule has 0 N–H and O–H groups in total. The number of halogens is 1. The van der Waals surface area contributed by atoms with Crippen LogP contribution in [-0.4, -0.2) is 6.29 Å². The number of aryl methyl sites for hydroxylation is 1. The van der Waals surface area contributed by atoms with E-state index in [9.17, 15) is 4.79 Å². The van der Waals surface area contributed by atoms with Gasteiger partial charge in [-0.05, 0) is 30.0 Å². The van der Waals surface area contributed by atoms with Gasteiger partial charge in [-0.3, -0.25) is 4.79 Å². The van der Waals surface area contributed by atoms with Gasteiger partial charge in [-0.25, -0.2) is 0 Å². The predicted molar refractivity (Wildman–Crippen MR) is 57.0 cm³/mol. The van der Waals surface area contributed by atoms with Gasteiger partial charge >= 0.3 is 0 Å². The van der Waals surface area contributed by atoms with Gasteiger partial charge in [0.05, 0.1) is 4.88 Å². The molecule has 0 amide bonds. The summed E-state index contributed by atoms with van der Waals surface area (Å²) >= 11 is 7.33. The fourth-order valence-corrected chi connectivity index (χ4v) is 2.63. The molecule has 0 fully saturated rings. The third-order valence-electron chi connectivity index (χ3n) is 2.04. The Balaban J connectivity index is 2.83. The summed E-state index contributed by atoms with van der Waals surface area (Å²) in [5, 5.41) is 1.84. The smallest absolute Gasteiger partial charge is 0.160 e. The first-order valence-electron chi connectivity index (χ1n) is 3.86. The molecule has 0 atom stereocenters. The van der Waals surface area contributed by atoms with E-state index in [0.29, 0.717) is 5.02 Å². The molecular formula is C10H7ClOS. The lowest BCUT2D eigenvalue weighted by atomic mass is 10.1. The van der Waals surface area contributed by atoms with E-state index in [2.05, 4.69) is 0 Å². The lowest BCUT2D eigenvalue weighted by Gasteiger charge is -1.91. The molecule has 0 radical (unpaired) electrons. The quantitative estimate of drug-likeness (QED) is 0.657. The van der Waals surface area contributed by atoms with Crippen molar-refractivity contribution in [3.8, 4) is 0 Å². The minimum Gasteiger partial charge on any atom is -0.297 e. The van der Waals surface area contributed by atoms with Crippen LogP contribution >= 0.6 is 22.9 Å². The van der Waals surface area contributed by atoms with E-state index in [4.69, 9.17) is 11.6 Å². The Morgan fingerprint density at radius 3 is 2.92 bits per heavy atom. The zero-order chi connectivity index (χ0) is 9.42. The number of rotatable bonds is 1. The van der Waals surface area contributed by atoms with Crippen LogP contribution in [0.3, 0.4) is 0 Å². The Morgan fingerprint density at radius 1 is 1.46 bits per heavy atom. The molecule has 1 aromatic carbocycles. The molecule has 0 bridgehead atoms. The van der Waals surface area contributed by atoms with Crippen molar-refractivity contribution in [2.24, 2.45) is 0 Å². The largest absolute Gasteiger partial charge is 0.297 e. The maximum atomic E-state index is 10.7. The van der Waals surface area contributed by atoms with Crippen molar-refractivity contribution in [2.75, 3.05) is 0 Å². The molecule has 0 aliphatic heterocycles.